The number of nitrogens with zero attached hydrogens (tertiary/aromatic N) is 3. The zero-order valence-corrected chi connectivity index (χ0v) is 12.5. The van der Waals surface area contributed by atoms with E-state index in [1.807, 2.05) is 23.4 Å². The SMILES string of the molecule is CCC(C)N(CC)C(=O)c1cnn(CCCN)c1C. The molecule has 1 aromatic rings. The molecule has 0 aliphatic rings. The van der Waals surface area contributed by atoms with Crippen molar-refractivity contribution in [3.8, 4) is 0 Å². The number of carbonyl (C=O) groups excluding carboxylic acids is 1. The summed E-state index contributed by atoms with van der Waals surface area (Å²) in [4.78, 5) is 14.4. The number of aryl methyl sites for hydroxylation is 1. The first kappa shape index (κ1) is 15.7. The Hall–Kier alpha value is -1.36. The van der Waals surface area contributed by atoms with Crippen molar-refractivity contribution >= 4 is 5.91 Å². The minimum atomic E-state index is 0.0772. The van der Waals surface area contributed by atoms with E-state index in [0.717, 1.165) is 31.6 Å². The second-order valence-electron chi connectivity index (χ2n) is 4.86. The van der Waals surface area contributed by atoms with Gasteiger partial charge in [0.15, 0.2) is 0 Å². The molecule has 5 heteroatoms. The molecule has 108 valence electrons. The molecule has 1 aromatic heterocycles. The molecule has 0 saturated heterocycles. The van der Waals surface area contributed by atoms with Crippen LogP contribution in [0.25, 0.3) is 0 Å². The Kier molecular flexibility index (Phi) is 6.02. The van der Waals surface area contributed by atoms with Gasteiger partial charge in [0.25, 0.3) is 5.91 Å². The third-order valence-electron chi connectivity index (χ3n) is 3.63. The molecule has 1 rings (SSSR count). The molecule has 1 amide bonds. The average molecular weight is 266 g/mol. The van der Waals surface area contributed by atoms with E-state index in [9.17, 15) is 4.79 Å². The number of amides is 1. The van der Waals surface area contributed by atoms with Crippen LogP contribution in [0.1, 0.15) is 49.7 Å². The number of nitrogens with two attached hydrogens (primary N) is 1. The Bertz CT molecular complexity index is 414. The number of rotatable bonds is 7. The van der Waals surface area contributed by atoms with E-state index < -0.39 is 0 Å². The van der Waals surface area contributed by atoms with Gasteiger partial charge in [-0.05, 0) is 40.2 Å². The zero-order valence-electron chi connectivity index (χ0n) is 12.5. The molecule has 0 aliphatic heterocycles. The summed E-state index contributed by atoms with van der Waals surface area (Å²) in [6, 6.07) is 0.254. The van der Waals surface area contributed by atoms with Crippen LogP contribution in [0.5, 0.6) is 0 Å². The quantitative estimate of drug-likeness (QED) is 0.818. The second-order valence-corrected chi connectivity index (χ2v) is 4.86. The fraction of sp³-hybridized carbons (Fsp3) is 0.714. The van der Waals surface area contributed by atoms with Crippen molar-refractivity contribution in [2.75, 3.05) is 13.1 Å². The standard InChI is InChI=1S/C14H26N4O/c1-5-11(3)17(6-2)14(19)13-10-16-18(12(13)4)9-7-8-15/h10-11H,5-9,15H2,1-4H3. The predicted molar refractivity (Wildman–Crippen MR) is 77.1 cm³/mol. The van der Waals surface area contributed by atoms with Crippen molar-refractivity contribution in [3.63, 3.8) is 0 Å². The summed E-state index contributed by atoms with van der Waals surface area (Å²) in [5, 5.41) is 4.29. The van der Waals surface area contributed by atoms with E-state index in [1.165, 1.54) is 0 Å². The fourth-order valence-electron chi connectivity index (χ4n) is 2.15. The van der Waals surface area contributed by atoms with E-state index in [1.54, 1.807) is 6.20 Å². The van der Waals surface area contributed by atoms with Gasteiger partial charge in [0.2, 0.25) is 0 Å². The van der Waals surface area contributed by atoms with Gasteiger partial charge in [-0.2, -0.15) is 5.10 Å². The second kappa shape index (κ2) is 7.28. The molecule has 19 heavy (non-hydrogen) atoms. The lowest BCUT2D eigenvalue weighted by molar-refractivity contribution is 0.0699. The Morgan fingerprint density at radius 3 is 2.74 bits per heavy atom. The van der Waals surface area contributed by atoms with Gasteiger partial charge in [0.1, 0.15) is 0 Å². The maximum absolute atomic E-state index is 12.5. The third-order valence-corrected chi connectivity index (χ3v) is 3.63. The highest BCUT2D eigenvalue weighted by molar-refractivity contribution is 5.95. The monoisotopic (exact) mass is 266 g/mol. The number of aromatic nitrogens is 2. The van der Waals surface area contributed by atoms with E-state index in [0.29, 0.717) is 12.1 Å². The summed E-state index contributed by atoms with van der Waals surface area (Å²) in [5.74, 6) is 0.0772. The molecule has 1 heterocycles. The van der Waals surface area contributed by atoms with Crippen molar-refractivity contribution in [1.82, 2.24) is 14.7 Å². The summed E-state index contributed by atoms with van der Waals surface area (Å²) in [5.41, 5.74) is 7.14. The Morgan fingerprint density at radius 1 is 1.53 bits per heavy atom. The van der Waals surface area contributed by atoms with Gasteiger partial charge in [-0.15, -0.1) is 0 Å². The first-order valence-corrected chi connectivity index (χ1v) is 7.10. The maximum atomic E-state index is 12.5. The minimum Gasteiger partial charge on any atom is -0.336 e. The van der Waals surface area contributed by atoms with Gasteiger partial charge < -0.3 is 10.6 Å². The lowest BCUT2D eigenvalue weighted by Gasteiger charge is -2.27. The van der Waals surface area contributed by atoms with Crippen molar-refractivity contribution in [2.45, 2.75) is 53.1 Å². The molecule has 1 atom stereocenters. The lowest BCUT2D eigenvalue weighted by atomic mass is 10.1. The predicted octanol–water partition coefficient (Wildman–Crippen LogP) is 1.80. The van der Waals surface area contributed by atoms with Gasteiger partial charge in [-0.1, -0.05) is 6.92 Å². The summed E-state index contributed by atoms with van der Waals surface area (Å²) in [7, 11) is 0. The first-order chi connectivity index (χ1) is 9.06. The van der Waals surface area contributed by atoms with Gasteiger partial charge in [-0.25, -0.2) is 0 Å². The maximum Gasteiger partial charge on any atom is 0.257 e. The van der Waals surface area contributed by atoms with Crippen LogP contribution in [0.2, 0.25) is 0 Å². The van der Waals surface area contributed by atoms with Crippen molar-refractivity contribution < 1.29 is 4.79 Å². The molecule has 0 saturated carbocycles. The number of carbonyl (C=O) groups is 1. The first-order valence-electron chi connectivity index (χ1n) is 7.10. The highest BCUT2D eigenvalue weighted by Gasteiger charge is 2.22. The largest absolute Gasteiger partial charge is 0.336 e. The molecule has 0 bridgehead atoms. The van der Waals surface area contributed by atoms with Crippen LogP contribution >= 0.6 is 0 Å². The summed E-state index contributed by atoms with van der Waals surface area (Å²) in [6.45, 7) is 10.3. The molecule has 1 unspecified atom stereocenters. The molecule has 0 radical (unpaired) electrons. The molecule has 0 spiro atoms. The summed E-state index contributed by atoms with van der Waals surface area (Å²) >= 11 is 0. The lowest BCUT2D eigenvalue weighted by Crippen LogP contribution is -2.38. The van der Waals surface area contributed by atoms with Crippen LogP contribution in [0.15, 0.2) is 6.20 Å². The average Bonchev–Trinajstić information content (AvgIpc) is 2.78. The topological polar surface area (TPSA) is 64.2 Å². The molecular weight excluding hydrogens is 240 g/mol. The van der Waals surface area contributed by atoms with Crippen LogP contribution in [-0.2, 0) is 6.54 Å². The number of hydrogen-bond acceptors (Lipinski definition) is 3. The van der Waals surface area contributed by atoms with Crippen LogP contribution < -0.4 is 5.73 Å². The van der Waals surface area contributed by atoms with Gasteiger partial charge in [-0.3, -0.25) is 9.48 Å². The molecule has 0 fully saturated rings. The van der Waals surface area contributed by atoms with Crippen molar-refractivity contribution in [3.05, 3.63) is 17.5 Å². The van der Waals surface area contributed by atoms with Crippen LogP contribution in [-0.4, -0.2) is 39.7 Å². The van der Waals surface area contributed by atoms with Gasteiger partial charge in [0.05, 0.1) is 11.8 Å². The third kappa shape index (κ3) is 3.56. The Morgan fingerprint density at radius 2 is 2.21 bits per heavy atom. The van der Waals surface area contributed by atoms with Crippen molar-refractivity contribution in [1.29, 1.82) is 0 Å². The molecule has 5 nitrogen and oxygen atoms in total. The van der Waals surface area contributed by atoms with Crippen molar-refractivity contribution in [2.24, 2.45) is 5.73 Å². The molecule has 0 aliphatic carbocycles. The van der Waals surface area contributed by atoms with Gasteiger partial charge >= 0.3 is 0 Å². The van der Waals surface area contributed by atoms with E-state index in [-0.39, 0.29) is 11.9 Å². The number of hydrogen-bond donors (Lipinski definition) is 1. The van der Waals surface area contributed by atoms with E-state index in [2.05, 4.69) is 18.9 Å². The normalized spacial score (nSPS) is 12.5. The molecule has 2 N–H and O–H groups in total. The fourth-order valence-corrected chi connectivity index (χ4v) is 2.15. The van der Waals surface area contributed by atoms with Crippen LogP contribution in [0.3, 0.4) is 0 Å². The smallest absolute Gasteiger partial charge is 0.257 e. The highest BCUT2D eigenvalue weighted by atomic mass is 16.2. The van der Waals surface area contributed by atoms with E-state index >= 15 is 0 Å². The van der Waals surface area contributed by atoms with E-state index in [4.69, 9.17) is 5.73 Å². The summed E-state index contributed by atoms with van der Waals surface area (Å²) < 4.78 is 1.87. The molecule has 0 aromatic carbocycles. The Balaban J connectivity index is 2.90. The van der Waals surface area contributed by atoms with Gasteiger partial charge in [0, 0.05) is 24.8 Å². The highest BCUT2D eigenvalue weighted by Crippen LogP contribution is 2.14. The minimum absolute atomic E-state index is 0.0772. The van der Waals surface area contributed by atoms with Crippen LogP contribution in [0.4, 0.5) is 0 Å². The summed E-state index contributed by atoms with van der Waals surface area (Å²) in [6.07, 6.45) is 3.51. The Labute approximate surface area is 115 Å². The molecular formula is C14H26N4O. The van der Waals surface area contributed by atoms with Crippen LogP contribution in [0, 0.1) is 6.92 Å². The zero-order chi connectivity index (χ0) is 14.4.